The van der Waals surface area contributed by atoms with Crippen LogP contribution in [0.4, 0.5) is 11.5 Å². The molecule has 0 fully saturated rings. The molecule has 1 atom stereocenters. The van der Waals surface area contributed by atoms with E-state index in [1.54, 1.807) is 0 Å². The molecule has 0 bridgehead atoms. The number of amides is 1. The molecule has 0 spiro atoms. The average molecular weight is 213 g/mol. The molecule has 0 radical (unpaired) electrons. The van der Waals surface area contributed by atoms with Gasteiger partial charge in [0.1, 0.15) is 11.7 Å². The van der Waals surface area contributed by atoms with E-state index in [-0.39, 0.29) is 17.2 Å². The Morgan fingerprint density at radius 3 is 3.14 bits per heavy atom. The Bertz CT molecular complexity index is 382. The van der Waals surface area contributed by atoms with E-state index in [2.05, 4.69) is 20.6 Å². The van der Waals surface area contributed by atoms with Crippen LogP contribution in [-0.4, -0.2) is 21.9 Å². The van der Waals surface area contributed by atoms with E-state index < -0.39 is 0 Å². The molecule has 2 N–H and O–H groups in total. The van der Waals surface area contributed by atoms with Crippen LogP contribution in [0.5, 0.6) is 0 Å². The molecule has 0 unspecified atom stereocenters. The van der Waals surface area contributed by atoms with Crippen molar-refractivity contribution in [2.24, 2.45) is 0 Å². The summed E-state index contributed by atoms with van der Waals surface area (Å²) in [5, 5.41) is 5.86. The van der Waals surface area contributed by atoms with Gasteiger partial charge in [-0.25, -0.2) is 4.98 Å². The highest BCUT2D eigenvalue weighted by Crippen LogP contribution is 2.25. The van der Waals surface area contributed by atoms with Gasteiger partial charge >= 0.3 is 0 Å². The monoisotopic (exact) mass is 212 g/mol. The van der Waals surface area contributed by atoms with Gasteiger partial charge < -0.3 is 10.6 Å². The summed E-state index contributed by atoms with van der Waals surface area (Å²) in [5.74, 6) is 0.516. The second-order valence-electron chi connectivity index (χ2n) is 3.00. The number of carbonyl (C=O) groups excluding carboxylic acids is 1. The molecule has 6 heteroatoms. The van der Waals surface area contributed by atoms with Crippen LogP contribution in [0.25, 0.3) is 0 Å². The predicted octanol–water partition coefficient (Wildman–Crippen LogP) is 1.27. The van der Waals surface area contributed by atoms with Gasteiger partial charge in [0.05, 0.1) is 6.20 Å². The lowest BCUT2D eigenvalue weighted by Crippen LogP contribution is -2.38. The first kappa shape index (κ1) is 9.21. The van der Waals surface area contributed by atoms with Crippen molar-refractivity contribution in [2.75, 3.05) is 10.6 Å². The molecule has 0 saturated carbocycles. The highest BCUT2D eigenvalue weighted by atomic mass is 35.5. The van der Waals surface area contributed by atoms with E-state index in [0.29, 0.717) is 17.9 Å². The molecule has 5 nitrogen and oxygen atoms in total. The van der Waals surface area contributed by atoms with E-state index >= 15 is 0 Å². The summed E-state index contributed by atoms with van der Waals surface area (Å²) in [6, 6.07) is -0.242. The van der Waals surface area contributed by atoms with Gasteiger partial charge in [0.2, 0.25) is 11.2 Å². The Labute approximate surface area is 85.9 Å². The molecular formula is C8H9ClN4O. The smallest absolute Gasteiger partial charge is 0.247 e. The maximum absolute atomic E-state index is 11.4. The number of halogens is 1. The van der Waals surface area contributed by atoms with E-state index in [9.17, 15) is 4.79 Å². The van der Waals surface area contributed by atoms with E-state index in [4.69, 9.17) is 11.6 Å². The van der Waals surface area contributed by atoms with E-state index in [1.807, 2.05) is 6.92 Å². The third-order valence-corrected chi connectivity index (χ3v) is 2.24. The van der Waals surface area contributed by atoms with Crippen LogP contribution in [0.1, 0.15) is 13.3 Å². The molecule has 1 aliphatic heterocycles. The van der Waals surface area contributed by atoms with Gasteiger partial charge in [0.25, 0.3) is 0 Å². The van der Waals surface area contributed by atoms with Crippen molar-refractivity contribution >= 4 is 29.0 Å². The SMILES string of the molecule is CC[C@@H]1Nc2nc(Cl)ncc2NC1=O. The minimum absolute atomic E-state index is 0.0640. The zero-order valence-corrected chi connectivity index (χ0v) is 8.30. The number of aromatic nitrogens is 2. The van der Waals surface area contributed by atoms with Crippen molar-refractivity contribution in [3.63, 3.8) is 0 Å². The average Bonchev–Trinajstić information content (AvgIpc) is 2.17. The summed E-state index contributed by atoms with van der Waals surface area (Å²) in [4.78, 5) is 19.2. The van der Waals surface area contributed by atoms with Crippen molar-refractivity contribution in [1.29, 1.82) is 0 Å². The van der Waals surface area contributed by atoms with Crippen LogP contribution >= 0.6 is 11.6 Å². The number of rotatable bonds is 1. The van der Waals surface area contributed by atoms with Crippen molar-refractivity contribution in [3.8, 4) is 0 Å². The Morgan fingerprint density at radius 1 is 1.64 bits per heavy atom. The molecule has 74 valence electrons. The number of fused-ring (bicyclic) bond motifs is 1. The van der Waals surface area contributed by atoms with Gasteiger partial charge in [-0.3, -0.25) is 4.79 Å². The number of hydrogen-bond donors (Lipinski definition) is 2. The van der Waals surface area contributed by atoms with Crippen LogP contribution in [0, 0.1) is 0 Å². The second kappa shape index (κ2) is 3.42. The fraction of sp³-hybridized carbons (Fsp3) is 0.375. The lowest BCUT2D eigenvalue weighted by atomic mass is 10.1. The second-order valence-corrected chi connectivity index (χ2v) is 3.33. The van der Waals surface area contributed by atoms with Crippen molar-refractivity contribution < 1.29 is 4.79 Å². The summed E-state index contributed by atoms with van der Waals surface area (Å²) < 4.78 is 0. The summed E-state index contributed by atoms with van der Waals surface area (Å²) in [7, 11) is 0. The Balaban J connectivity index is 2.36. The van der Waals surface area contributed by atoms with Gasteiger partial charge in [0.15, 0.2) is 5.82 Å². The fourth-order valence-corrected chi connectivity index (χ4v) is 1.43. The van der Waals surface area contributed by atoms with Crippen LogP contribution in [0.15, 0.2) is 6.20 Å². The van der Waals surface area contributed by atoms with Crippen molar-refractivity contribution in [1.82, 2.24) is 9.97 Å². The third kappa shape index (κ3) is 1.50. The topological polar surface area (TPSA) is 66.9 Å². The standard InChI is InChI=1S/C8H9ClN4O/c1-2-4-7(14)12-5-3-10-8(9)13-6(5)11-4/h3-4H,2H2,1H3,(H,12,14)(H,10,11,13)/t4-/m0/s1. The minimum Gasteiger partial charge on any atom is -0.357 e. The summed E-state index contributed by atoms with van der Waals surface area (Å²) in [6.45, 7) is 1.92. The van der Waals surface area contributed by atoms with Crippen LogP contribution in [0.2, 0.25) is 5.28 Å². The quantitative estimate of drug-likeness (QED) is 0.688. The zero-order valence-electron chi connectivity index (χ0n) is 7.54. The lowest BCUT2D eigenvalue weighted by Gasteiger charge is -2.24. The lowest BCUT2D eigenvalue weighted by molar-refractivity contribution is -0.117. The highest BCUT2D eigenvalue weighted by Gasteiger charge is 2.24. The Hall–Kier alpha value is -1.36. The van der Waals surface area contributed by atoms with Gasteiger partial charge in [-0.15, -0.1) is 0 Å². The highest BCUT2D eigenvalue weighted by molar-refractivity contribution is 6.28. The summed E-state index contributed by atoms with van der Waals surface area (Å²) in [6.07, 6.45) is 2.19. The van der Waals surface area contributed by atoms with Crippen molar-refractivity contribution in [3.05, 3.63) is 11.5 Å². The molecule has 0 saturated heterocycles. The van der Waals surface area contributed by atoms with Crippen molar-refractivity contribution in [2.45, 2.75) is 19.4 Å². The molecule has 0 aromatic carbocycles. The first-order valence-electron chi connectivity index (χ1n) is 4.30. The molecule has 0 aliphatic carbocycles. The molecule has 1 amide bonds. The molecule has 1 aliphatic rings. The van der Waals surface area contributed by atoms with E-state index in [0.717, 1.165) is 0 Å². The number of nitrogens with zero attached hydrogens (tertiary/aromatic N) is 2. The molecule has 1 aromatic heterocycles. The minimum atomic E-state index is -0.242. The molecule has 1 aromatic rings. The van der Waals surface area contributed by atoms with Gasteiger partial charge in [-0.1, -0.05) is 6.92 Å². The largest absolute Gasteiger partial charge is 0.357 e. The molecule has 2 heterocycles. The van der Waals surface area contributed by atoms with E-state index in [1.165, 1.54) is 6.20 Å². The van der Waals surface area contributed by atoms with Gasteiger partial charge in [-0.2, -0.15) is 4.98 Å². The number of carbonyl (C=O) groups is 1. The summed E-state index contributed by atoms with van der Waals surface area (Å²) >= 11 is 5.63. The Kier molecular flexibility index (Phi) is 2.25. The zero-order chi connectivity index (χ0) is 10.1. The van der Waals surface area contributed by atoms with Crippen LogP contribution in [-0.2, 0) is 4.79 Å². The maximum Gasteiger partial charge on any atom is 0.247 e. The first-order valence-corrected chi connectivity index (χ1v) is 4.68. The van der Waals surface area contributed by atoms with Crippen LogP contribution in [0.3, 0.4) is 0 Å². The van der Waals surface area contributed by atoms with Gasteiger partial charge in [-0.05, 0) is 18.0 Å². The van der Waals surface area contributed by atoms with Crippen LogP contribution < -0.4 is 10.6 Å². The molecule has 2 rings (SSSR count). The fourth-order valence-electron chi connectivity index (χ4n) is 1.30. The number of anilines is 2. The molecule has 14 heavy (non-hydrogen) atoms. The number of nitrogens with one attached hydrogen (secondary N) is 2. The normalized spacial score (nSPS) is 19.6. The maximum atomic E-state index is 11.4. The van der Waals surface area contributed by atoms with Gasteiger partial charge in [0, 0.05) is 0 Å². The third-order valence-electron chi connectivity index (χ3n) is 2.05. The Morgan fingerprint density at radius 2 is 2.43 bits per heavy atom. The number of hydrogen-bond acceptors (Lipinski definition) is 4. The predicted molar refractivity (Wildman–Crippen MR) is 53.4 cm³/mol. The summed E-state index contributed by atoms with van der Waals surface area (Å²) in [5.41, 5.74) is 0.573. The first-order chi connectivity index (χ1) is 6.70. The molecular weight excluding hydrogens is 204 g/mol.